The summed E-state index contributed by atoms with van der Waals surface area (Å²) in [4.78, 5) is 24.9. The van der Waals surface area contributed by atoms with Crippen LogP contribution in [0.15, 0.2) is 52.3 Å². The van der Waals surface area contributed by atoms with Crippen molar-refractivity contribution in [3.8, 4) is 6.07 Å². The Balaban J connectivity index is 1.72. The highest BCUT2D eigenvalue weighted by molar-refractivity contribution is 7.99. The van der Waals surface area contributed by atoms with Crippen molar-refractivity contribution in [3.63, 3.8) is 0 Å². The fraction of sp³-hybridized carbons (Fsp3) is 0.250. The molecule has 0 spiro atoms. The zero-order chi connectivity index (χ0) is 21.0. The number of fused-ring (bicyclic) bond motifs is 1. The maximum absolute atomic E-state index is 12.9. The van der Waals surface area contributed by atoms with Gasteiger partial charge >= 0.3 is 0 Å². The maximum atomic E-state index is 12.9. The first kappa shape index (κ1) is 20.9. The summed E-state index contributed by atoms with van der Waals surface area (Å²) in [6.45, 7) is 1.48. The minimum atomic E-state index is -3.76. The van der Waals surface area contributed by atoms with Crippen LogP contribution in [0.25, 0.3) is 0 Å². The predicted molar refractivity (Wildman–Crippen MR) is 111 cm³/mol. The lowest BCUT2D eigenvalue weighted by molar-refractivity contribution is -0.116. The van der Waals surface area contributed by atoms with Crippen LogP contribution in [0.2, 0.25) is 0 Å². The number of hydrogen-bond acceptors (Lipinski definition) is 6. The molecule has 3 rings (SSSR count). The number of nitrogens with one attached hydrogen (secondary N) is 2. The Bertz CT molecular complexity index is 1090. The number of carbonyl (C=O) groups excluding carboxylic acids is 2. The van der Waals surface area contributed by atoms with Crippen LogP contribution in [0.5, 0.6) is 0 Å². The van der Waals surface area contributed by atoms with Crippen LogP contribution < -0.4 is 10.6 Å². The zero-order valence-electron chi connectivity index (χ0n) is 15.6. The van der Waals surface area contributed by atoms with E-state index in [4.69, 9.17) is 5.26 Å². The molecule has 0 aliphatic carbocycles. The van der Waals surface area contributed by atoms with Crippen molar-refractivity contribution in [2.45, 2.75) is 34.8 Å². The standard InChI is InChI=1S/C20H19N3O4S2/c1-13(10-20(25)22-15-4-2-14(12-21)3-5-15)29(26,27)16-6-7-18-17(11-16)23-19(24)8-9-28-18/h2-7,11,13H,8-10H2,1H3,(H,22,25)(H,23,24). The topological polar surface area (TPSA) is 116 Å². The van der Waals surface area contributed by atoms with Gasteiger partial charge < -0.3 is 10.6 Å². The van der Waals surface area contributed by atoms with Crippen LogP contribution in [0.4, 0.5) is 11.4 Å². The molecule has 1 aliphatic rings. The highest BCUT2D eigenvalue weighted by Gasteiger charge is 2.27. The van der Waals surface area contributed by atoms with E-state index in [9.17, 15) is 18.0 Å². The minimum Gasteiger partial charge on any atom is -0.326 e. The van der Waals surface area contributed by atoms with E-state index in [0.29, 0.717) is 29.1 Å². The van der Waals surface area contributed by atoms with Gasteiger partial charge in [-0.3, -0.25) is 9.59 Å². The number of anilines is 2. The van der Waals surface area contributed by atoms with E-state index in [2.05, 4.69) is 10.6 Å². The average Bonchev–Trinajstić information content (AvgIpc) is 2.88. The van der Waals surface area contributed by atoms with Gasteiger partial charge in [0.25, 0.3) is 0 Å². The van der Waals surface area contributed by atoms with Gasteiger partial charge in [-0.1, -0.05) is 0 Å². The Kier molecular flexibility index (Phi) is 6.25. The third-order valence-corrected chi connectivity index (χ3v) is 7.65. The first-order valence-electron chi connectivity index (χ1n) is 8.90. The van der Waals surface area contributed by atoms with E-state index in [1.165, 1.54) is 30.8 Å². The Morgan fingerprint density at radius 1 is 1.28 bits per heavy atom. The molecular weight excluding hydrogens is 410 g/mol. The molecule has 1 unspecified atom stereocenters. The van der Waals surface area contributed by atoms with Crippen LogP contribution in [0, 0.1) is 11.3 Å². The van der Waals surface area contributed by atoms with E-state index in [-0.39, 0.29) is 17.2 Å². The molecule has 0 aromatic heterocycles. The van der Waals surface area contributed by atoms with Gasteiger partial charge in [-0.2, -0.15) is 5.26 Å². The van der Waals surface area contributed by atoms with E-state index in [1.807, 2.05) is 6.07 Å². The molecule has 0 bridgehead atoms. The van der Waals surface area contributed by atoms with Gasteiger partial charge in [0.05, 0.1) is 27.5 Å². The molecule has 0 saturated heterocycles. The van der Waals surface area contributed by atoms with Crippen molar-refractivity contribution in [2.24, 2.45) is 0 Å². The summed E-state index contributed by atoms with van der Waals surface area (Å²) >= 11 is 1.49. The van der Waals surface area contributed by atoms with Gasteiger partial charge in [0.15, 0.2) is 9.84 Å². The Hall–Kier alpha value is -2.83. The lowest BCUT2D eigenvalue weighted by Crippen LogP contribution is -2.25. The molecule has 1 atom stereocenters. The number of amides is 2. The summed E-state index contributed by atoms with van der Waals surface area (Å²) in [5, 5.41) is 13.2. The number of nitrogens with zero attached hydrogens (tertiary/aromatic N) is 1. The molecular formula is C20H19N3O4S2. The van der Waals surface area contributed by atoms with Gasteiger partial charge in [0.1, 0.15) is 0 Å². The van der Waals surface area contributed by atoms with Gasteiger partial charge in [0, 0.05) is 29.2 Å². The second-order valence-electron chi connectivity index (χ2n) is 6.60. The monoisotopic (exact) mass is 429 g/mol. The molecule has 29 heavy (non-hydrogen) atoms. The summed E-state index contributed by atoms with van der Waals surface area (Å²) in [5.74, 6) is 0.0432. The molecule has 2 aromatic carbocycles. The maximum Gasteiger partial charge on any atom is 0.225 e. The van der Waals surface area contributed by atoms with E-state index < -0.39 is 21.0 Å². The van der Waals surface area contributed by atoms with Crippen molar-refractivity contribution < 1.29 is 18.0 Å². The van der Waals surface area contributed by atoms with Gasteiger partial charge in [-0.05, 0) is 49.4 Å². The molecule has 2 amide bonds. The van der Waals surface area contributed by atoms with Crippen LogP contribution in [0.1, 0.15) is 25.3 Å². The second-order valence-corrected chi connectivity index (χ2v) is 10.1. The summed E-state index contributed by atoms with van der Waals surface area (Å²) in [6, 6.07) is 12.9. The third kappa shape index (κ3) is 4.96. The fourth-order valence-corrected chi connectivity index (χ4v) is 5.13. The van der Waals surface area contributed by atoms with Crippen LogP contribution in [-0.4, -0.2) is 31.2 Å². The van der Waals surface area contributed by atoms with Crippen molar-refractivity contribution >= 4 is 44.8 Å². The van der Waals surface area contributed by atoms with Gasteiger partial charge in [-0.15, -0.1) is 11.8 Å². The van der Waals surface area contributed by atoms with Crippen molar-refractivity contribution in [1.82, 2.24) is 0 Å². The Morgan fingerprint density at radius 3 is 2.69 bits per heavy atom. The number of carbonyl (C=O) groups is 2. The molecule has 0 radical (unpaired) electrons. The molecule has 2 N–H and O–H groups in total. The average molecular weight is 430 g/mol. The minimum absolute atomic E-state index is 0.0673. The summed E-state index contributed by atoms with van der Waals surface area (Å²) in [6.07, 6.45) is 0.147. The van der Waals surface area contributed by atoms with Gasteiger partial charge in [-0.25, -0.2) is 8.42 Å². The smallest absolute Gasteiger partial charge is 0.225 e. The normalized spacial score (nSPS) is 14.7. The molecule has 1 aliphatic heterocycles. The number of hydrogen-bond donors (Lipinski definition) is 2. The van der Waals surface area contributed by atoms with E-state index in [0.717, 1.165) is 4.90 Å². The quantitative estimate of drug-likeness (QED) is 0.754. The second kappa shape index (κ2) is 8.68. The number of benzene rings is 2. The number of nitriles is 1. The molecule has 0 saturated carbocycles. The molecule has 1 heterocycles. The summed E-state index contributed by atoms with van der Waals surface area (Å²) < 4.78 is 25.8. The molecule has 150 valence electrons. The molecule has 7 nitrogen and oxygen atoms in total. The lowest BCUT2D eigenvalue weighted by Gasteiger charge is -2.15. The van der Waals surface area contributed by atoms with Crippen molar-refractivity contribution in [3.05, 3.63) is 48.0 Å². The Labute approximate surface area is 173 Å². The van der Waals surface area contributed by atoms with Crippen molar-refractivity contribution in [2.75, 3.05) is 16.4 Å². The molecule has 2 aromatic rings. The van der Waals surface area contributed by atoms with E-state index in [1.54, 1.807) is 30.3 Å². The highest BCUT2D eigenvalue weighted by atomic mass is 32.2. The van der Waals surface area contributed by atoms with Crippen molar-refractivity contribution in [1.29, 1.82) is 5.26 Å². The number of thioether (sulfide) groups is 1. The number of rotatable bonds is 5. The lowest BCUT2D eigenvalue weighted by atomic mass is 10.2. The molecule has 9 heteroatoms. The third-order valence-electron chi connectivity index (χ3n) is 4.44. The molecule has 0 fully saturated rings. The summed E-state index contributed by atoms with van der Waals surface area (Å²) in [7, 11) is -3.76. The SMILES string of the molecule is CC(CC(=O)Nc1ccc(C#N)cc1)S(=O)(=O)c1ccc2c(c1)NC(=O)CCS2. The van der Waals surface area contributed by atoms with E-state index >= 15 is 0 Å². The first-order valence-corrected chi connectivity index (χ1v) is 11.4. The fourth-order valence-electron chi connectivity index (χ4n) is 2.82. The Morgan fingerprint density at radius 2 is 2.00 bits per heavy atom. The number of sulfone groups is 1. The largest absolute Gasteiger partial charge is 0.326 e. The van der Waals surface area contributed by atoms with Crippen LogP contribution in [-0.2, 0) is 19.4 Å². The summed E-state index contributed by atoms with van der Waals surface area (Å²) in [5.41, 5.74) is 1.43. The van der Waals surface area contributed by atoms with Crippen LogP contribution in [0.3, 0.4) is 0 Å². The van der Waals surface area contributed by atoms with Gasteiger partial charge in [0.2, 0.25) is 11.8 Å². The van der Waals surface area contributed by atoms with Crippen LogP contribution >= 0.6 is 11.8 Å². The zero-order valence-corrected chi connectivity index (χ0v) is 17.3. The predicted octanol–water partition coefficient (Wildman–Crippen LogP) is 3.18. The highest BCUT2D eigenvalue weighted by Crippen LogP contribution is 2.33. The first-order chi connectivity index (χ1) is 13.8.